The second-order valence-electron chi connectivity index (χ2n) is 4.02. The van der Waals surface area contributed by atoms with E-state index in [4.69, 9.17) is 0 Å². The van der Waals surface area contributed by atoms with Crippen LogP contribution < -0.4 is 0 Å². The summed E-state index contributed by atoms with van der Waals surface area (Å²) in [6, 6.07) is 0.357. The summed E-state index contributed by atoms with van der Waals surface area (Å²) in [5, 5.41) is 0. The van der Waals surface area contributed by atoms with Crippen molar-refractivity contribution in [3.8, 4) is 0 Å². The summed E-state index contributed by atoms with van der Waals surface area (Å²) in [7, 11) is 0. The van der Waals surface area contributed by atoms with Gasteiger partial charge in [0.1, 0.15) is 0 Å². The third-order valence-electron chi connectivity index (χ3n) is 2.78. The van der Waals surface area contributed by atoms with Crippen LogP contribution in [-0.2, 0) is 4.79 Å². The van der Waals surface area contributed by atoms with Crippen molar-refractivity contribution in [2.45, 2.75) is 64.2 Å². The predicted octanol–water partition coefficient (Wildman–Crippen LogP) is 3.59. The largest absolute Gasteiger partial charge is 0.339 e. The number of carbonyl (C=O) groups excluding carboxylic acids is 1. The molecule has 0 saturated heterocycles. The number of carbonyl (C=O) groups is 1. The number of nitrogens with zero attached hydrogens (tertiary/aromatic N) is 1. The number of amides is 1. The minimum atomic E-state index is -0.0108. The molecule has 0 bridgehead atoms. The lowest BCUT2D eigenvalue weighted by molar-refractivity contribution is -0.132. The van der Waals surface area contributed by atoms with Crippen LogP contribution in [0.4, 0.5) is 0 Å². The van der Waals surface area contributed by atoms with Crippen LogP contribution >= 0.6 is 15.9 Å². The first kappa shape index (κ1) is 14.9. The number of halogens is 1. The van der Waals surface area contributed by atoms with E-state index in [-0.39, 0.29) is 10.7 Å². The minimum Gasteiger partial charge on any atom is -0.339 e. The standard InChI is InChI=1S/C12H24BrNO/c1-5-8-9-14(10(4)6-2)12(15)11(13)7-3/h10-11H,5-9H2,1-4H3. The van der Waals surface area contributed by atoms with Crippen LogP contribution in [0.25, 0.3) is 0 Å². The topological polar surface area (TPSA) is 20.3 Å². The van der Waals surface area contributed by atoms with Gasteiger partial charge < -0.3 is 4.90 Å². The second kappa shape index (κ2) is 8.14. The molecule has 15 heavy (non-hydrogen) atoms. The van der Waals surface area contributed by atoms with Gasteiger partial charge in [0, 0.05) is 12.6 Å². The molecule has 2 atom stereocenters. The molecular weight excluding hydrogens is 254 g/mol. The number of rotatable bonds is 7. The summed E-state index contributed by atoms with van der Waals surface area (Å²) in [4.78, 5) is 14.1. The van der Waals surface area contributed by atoms with Gasteiger partial charge in [-0.3, -0.25) is 4.79 Å². The molecule has 0 saturated carbocycles. The predicted molar refractivity (Wildman–Crippen MR) is 69.4 cm³/mol. The van der Waals surface area contributed by atoms with Crippen LogP contribution in [0.15, 0.2) is 0 Å². The molecule has 1 amide bonds. The molecule has 0 rings (SSSR count). The normalized spacial score (nSPS) is 14.7. The molecular formula is C12H24BrNO. The maximum Gasteiger partial charge on any atom is 0.236 e. The minimum absolute atomic E-state index is 0.0108. The summed E-state index contributed by atoms with van der Waals surface area (Å²) in [5.41, 5.74) is 0. The number of alkyl halides is 1. The monoisotopic (exact) mass is 277 g/mol. The highest BCUT2D eigenvalue weighted by molar-refractivity contribution is 9.10. The van der Waals surface area contributed by atoms with Gasteiger partial charge in [0.05, 0.1) is 4.83 Å². The van der Waals surface area contributed by atoms with Crippen molar-refractivity contribution in [1.29, 1.82) is 0 Å². The third-order valence-corrected chi connectivity index (χ3v) is 3.82. The Hall–Kier alpha value is -0.0500. The highest BCUT2D eigenvalue weighted by Crippen LogP contribution is 2.14. The van der Waals surface area contributed by atoms with E-state index in [0.29, 0.717) is 6.04 Å². The molecule has 0 N–H and O–H groups in total. The van der Waals surface area contributed by atoms with Crippen LogP contribution in [0.5, 0.6) is 0 Å². The van der Waals surface area contributed by atoms with Gasteiger partial charge in [-0.15, -0.1) is 0 Å². The molecule has 2 unspecified atom stereocenters. The van der Waals surface area contributed by atoms with E-state index in [1.165, 1.54) is 0 Å². The van der Waals surface area contributed by atoms with Crippen molar-refractivity contribution < 1.29 is 4.79 Å². The molecule has 0 aliphatic carbocycles. The lowest BCUT2D eigenvalue weighted by Crippen LogP contribution is -2.42. The first-order chi connectivity index (χ1) is 7.08. The smallest absolute Gasteiger partial charge is 0.236 e. The Morgan fingerprint density at radius 3 is 2.27 bits per heavy atom. The van der Waals surface area contributed by atoms with E-state index in [1.54, 1.807) is 0 Å². The highest BCUT2D eigenvalue weighted by Gasteiger charge is 2.23. The van der Waals surface area contributed by atoms with Crippen LogP contribution in [0, 0.1) is 0 Å². The van der Waals surface area contributed by atoms with Crippen LogP contribution in [-0.4, -0.2) is 28.2 Å². The summed E-state index contributed by atoms with van der Waals surface area (Å²) in [5.74, 6) is 0.250. The zero-order chi connectivity index (χ0) is 11.8. The van der Waals surface area contributed by atoms with Gasteiger partial charge in [-0.05, 0) is 26.2 Å². The molecule has 0 spiro atoms. The van der Waals surface area contributed by atoms with E-state index in [9.17, 15) is 4.79 Å². The summed E-state index contributed by atoms with van der Waals surface area (Å²) in [6.07, 6.45) is 4.12. The number of unbranched alkanes of at least 4 members (excludes halogenated alkanes) is 1. The Morgan fingerprint density at radius 2 is 1.87 bits per heavy atom. The average Bonchev–Trinajstić information content (AvgIpc) is 2.27. The molecule has 0 heterocycles. The lowest BCUT2D eigenvalue weighted by atomic mass is 10.1. The van der Waals surface area contributed by atoms with E-state index in [2.05, 4.69) is 36.7 Å². The SMILES string of the molecule is CCCCN(C(=O)C(Br)CC)C(C)CC. The Labute approximate surface area is 103 Å². The van der Waals surface area contributed by atoms with Gasteiger partial charge >= 0.3 is 0 Å². The molecule has 0 aliphatic rings. The van der Waals surface area contributed by atoms with Gasteiger partial charge in [-0.1, -0.05) is 43.1 Å². The lowest BCUT2D eigenvalue weighted by Gasteiger charge is -2.30. The first-order valence-corrected chi connectivity index (χ1v) is 6.94. The third kappa shape index (κ3) is 5.01. The zero-order valence-electron chi connectivity index (χ0n) is 10.4. The van der Waals surface area contributed by atoms with E-state index in [0.717, 1.165) is 32.2 Å². The van der Waals surface area contributed by atoms with Crippen molar-refractivity contribution in [3.05, 3.63) is 0 Å². The zero-order valence-corrected chi connectivity index (χ0v) is 12.0. The average molecular weight is 278 g/mol. The van der Waals surface area contributed by atoms with Crippen molar-refractivity contribution in [2.24, 2.45) is 0 Å². The van der Waals surface area contributed by atoms with Gasteiger partial charge in [0.2, 0.25) is 5.91 Å². The molecule has 90 valence electrons. The Balaban J connectivity index is 4.39. The number of hydrogen-bond donors (Lipinski definition) is 0. The van der Waals surface area contributed by atoms with Crippen LogP contribution in [0.1, 0.15) is 53.4 Å². The number of hydrogen-bond acceptors (Lipinski definition) is 1. The fourth-order valence-electron chi connectivity index (χ4n) is 1.45. The van der Waals surface area contributed by atoms with Gasteiger partial charge in [-0.2, -0.15) is 0 Å². The van der Waals surface area contributed by atoms with Crippen molar-refractivity contribution in [3.63, 3.8) is 0 Å². The van der Waals surface area contributed by atoms with Crippen LogP contribution in [0.2, 0.25) is 0 Å². The van der Waals surface area contributed by atoms with E-state index in [1.807, 2.05) is 11.8 Å². The molecule has 0 aromatic heterocycles. The van der Waals surface area contributed by atoms with Gasteiger partial charge in [0.25, 0.3) is 0 Å². The van der Waals surface area contributed by atoms with Crippen LogP contribution in [0.3, 0.4) is 0 Å². The van der Waals surface area contributed by atoms with E-state index >= 15 is 0 Å². The Morgan fingerprint density at radius 1 is 1.27 bits per heavy atom. The molecule has 0 aliphatic heterocycles. The fraction of sp³-hybridized carbons (Fsp3) is 0.917. The molecule has 3 heteroatoms. The maximum absolute atomic E-state index is 12.1. The molecule has 2 nitrogen and oxygen atoms in total. The van der Waals surface area contributed by atoms with E-state index < -0.39 is 0 Å². The summed E-state index contributed by atoms with van der Waals surface area (Å²) < 4.78 is 0. The molecule has 0 radical (unpaired) electrons. The second-order valence-corrected chi connectivity index (χ2v) is 5.12. The Bertz CT molecular complexity index is 184. The van der Waals surface area contributed by atoms with Crippen molar-refractivity contribution in [2.75, 3.05) is 6.54 Å². The Kier molecular flexibility index (Phi) is 8.12. The first-order valence-electron chi connectivity index (χ1n) is 6.02. The molecule has 0 aromatic rings. The van der Waals surface area contributed by atoms with Crippen molar-refractivity contribution in [1.82, 2.24) is 4.90 Å². The summed E-state index contributed by atoms with van der Waals surface area (Å²) in [6.45, 7) is 9.35. The fourth-order valence-corrected chi connectivity index (χ4v) is 1.71. The highest BCUT2D eigenvalue weighted by atomic mass is 79.9. The van der Waals surface area contributed by atoms with Gasteiger partial charge in [-0.25, -0.2) is 0 Å². The van der Waals surface area contributed by atoms with Gasteiger partial charge in [0.15, 0.2) is 0 Å². The maximum atomic E-state index is 12.1. The van der Waals surface area contributed by atoms with Crippen molar-refractivity contribution >= 4 is 21.8 Å². The molecule has 0 fully saturated rings. The quantitative estimate of drug-likeness (QED) is 0.652. The molecule has 0 aromatic carbocycles. The summed E-state index contributed by atoms with van der Waals surface area (Å²) >= 11 is 3.44.